The zero-order chi connectivity index (χ0) is 11.4. The van der Waals surface area contributed by atoms with Gasteiger partial charge in [-0.05, 0) is 19.1 Å². The van der Waals surface area contributed by atoms with Gasteiger partial charge in [-0.15, -0.1) is 0 Å². The van der Waals surface area contributed by atoms with Crippen LogP contribution in [0.1, 0.15) is 11.5 Å². The Kier molecular flexibility index (Phi) is 3.05. The largest absolute Gasteiger partial charge is 0.493 e. The second-order valence-electron chi connectivity index (χ2n) is 3.34. The number of ether oxygens (including phenoxy) is 1. The molecule has 0 aliphatic carbocycles. The fourth-order valence-electron chi connectivity index (χ4n) is 1.36. The molecule has 0 unspecified atom stereocenters. The molecule has 0 aliphatic rings. The second kappa shape index (κ2) is 4.65. The van der Waals surface area contributed by atoms with Crippen molar-refractivity contribution >= 4 is 5.82 Å². The SMILES string of the molecule is COc1cccnc1NCc1cc(C)no1. The molecular formula is C11H13N3O2. The van der Waals surface area contributed by atoms with E-state index in [1.54, 1.807) is 13.3 Å². The van der Waals surface area contributed by atoms with Gasteiger partial charge in [-0.1, -0.05) is 5.16 Å². The van der Waals surface area contributed by atoms with E-state index in [-0.39, 0.29) is 0 Å². The van der Waals surface area contributed by atoms with Crippen LogP contribution in [0.4, 0.5) is 5.82 Å². The molecule has 0 amide bonds. The van der Waals surface area contributed by atoms with Gasteiger partial charge in [0.25, 0.3) is 0 Å². The highest BCUT2D eigenvalue weighted by Gasteiger charge is 2.04. The van der Waals surface area contributed by atoms with E-state index in [1.165, 1.54) is 0 Å². The maximum atomic E-state index is 5.17. The van der Waals surface area contributed by atoms with Crippen LogP contribution in [0.2, 0.25) is 0 Å². The topological polar surface area (TPSA) is 60.2 Å². The highest BCUT2D eigenvalue weighted by molar-refractivity contribution is 5.49. The molecule has 0 saturated heterocycles. The molecule has 1 N–H and O–H groups in total. The average molecular weight is 219 g/mol. The minimum absolute atomic E-state index is 0.536. The Morgan fingerprint density at radius 2 is 2.38 bits per heavy atom. The van der Waals surface area contributed by atoms with Crippen LogP contribution in [-0.4, -0.2) is 17.3 Å². The van der Waals surface area contributed by atoms with E-state index < -0.39 is 0 Å². The van der Waals surface area contributed by atoms with E-state index in [1.807, 2.05) is 25.1 Å². The number of nitrogens with zero attached hydrogens (tertiary/aromatic N) is 2. The van der Waals surface area contributed by atoms with Crippen molar-refractivity contribution in [3.63, 3.8) is 0 Å². The summed E-state index contributed by atoms with van der Waals surface area (Å²) in [7, 11) is 1.61. The number of hydrogen-bond donors (Lipinski definition) is 1. The summed E-state index contributed by atoms with van der Waals surface area (Å²) in [5.74, 6) is 2.17. The molecule has 0 fully saturated rings. The maximum absolute atomic E-state index is 5.17. The van der Waals surface area contributed by atoms with Gasteiger partial charge in [-0.3, -0.25) is 0 Å². The number of aryl methyl sites for hydroxylation is 1. The zero-order valence-corrected chi connectivity index (χ0v) is 9.23. The first-order chi connectivity index (χ1) is 7.79. The van der Waals surface area contributed by atoms with E-state index in [0.717, 1.165) is 11.5 Å². The Balaban J connectivity index is 2.04. The molecule has 0 atom stereocenters. The first-order valence-corrected chi connectivity index (χ1v) is 4.94. The molecule has 5 nitrogen and oxygen atoms in total. The van der Waals surface area contributed by atoms with Crippen LogP contribution in [-0.2, 0) is 6.54 Å². The molecule has 0 aromatic carbocycles. The minimum Gasteiger partial charge on any atom is -0.493 e. The molecule has 0 bridgehead atoms. The lowest BCUT2D eigenvalue weighted by Crippen LogP contribution is -2.02. The van der Waals surface area contributed by atoms with Crippen molar-refractivity contribution in [1.82, 2.24) is 10.1 Å². The van der Waals surface area contributed by atoms with Crippen molar-refractivity contribution in [3.8, 4) is 5.75 Å². The molecule has 2 rings (SSSR count). The van der Waals surface area contributed by atoms with Gasteiger partial charge in [0.15, 0.2) is 17.3 Å². The third-order valence-corrected chi connectivity index (χ3v) is 2.10. The lowest BCUT2D eigenvalue weighted by Gasteiger charge is -2.07. The van der Waals surface area contributed by atoms with Crippen LogP contribution in [0.25, 0.3) is 0 Å². The van der Waals surface area contributed by atoms with E-state index in [2.05, 4.69) is 15.5 Å². The molecular weight excluding hydrogens is 206 g/mol. The monoisotopic (exact) mass is 219 g/mol. The van der Waals surface area contributed by atoms with Crippen LogP contribution in [0, 0.1) is 6.92 Å². The average Bonchev–Trinajstić information content (AvgIpc) is 2.73. The third kappa shape index (κ3) is 2.31. The summed E-state index contributed by atoms with van der Waals surface area (Å²) in [5.41, 5.74) is 0.866. The van der Waals surface area contributed by atoms with Gasteiger partial charge in [0.2, 0.25) is 0 Å². The quantitative estimate of drug-likeness (QED) is 0.852. The number of pyridine rings is 1. The Morgan fingerprint density at radius 1 is 1.50 bits per heavy atom. The summed E-state index contributed by atoms with van der Waals surface area (Å²) in [6.45, 7) is 2.42. The highest BCUT2D eigenvalue weighted by Crippen LogP contribution is 2.20. The van der Waals surface area contributed by atoms with Gasteiger partial charge in [-0.2, -0.15) is 0 Å². The highest BCUT2D eigenvalue weighted by atomic mass is 16.5. The summed E-state index contributed by atoms with van der Waals surface area (Å²) in [6, 6.07) is 5.55. The zero-order valence-electron chi connectivity index (χ0n) is 9.23. The molecule has 0 aliphatic heterocycles. The smallest absolute Gasteiger partial charge is 0.169 e. The van der Waals surface area contributed by atoms with Crippen molar-refractivity contribution in [3.05, 3.63) is 35.9 Å². The standard InChI is InChI=1S/C11H13N3O2/c1-8-6-9(16-14-8)7-13-11-10(15-2)4-3-5-12-11/h3-6H,7H2,1-2H3,(H,12,13). The van der Waals surface area contributed by atoms with Crippen molar-refractivity contribution in [2.75, 3.05) is 12.4 Å². The Labute approximate surface area is 93.4 Å². The fourth-order valence-corrected chi connectivity index (χ4v) is 1.36. The van der Waals surface area contributed by atoms with Crippen molar-refractivity contribution in [2.24, 2.45) is 0 Å². The summed E-state index contributed by atoms with van der Waals surface area (Å²) in [5, 5.41) is 6.93. The molecule has 84 valence electrons. The lowest BCUT2D eigenvalue weighted by molar-refractivity contribution is 0.383. The van der Waals surface area contributed by atoms with E-state index in [0.29, 0.717) is 18.1 Å². The van der Waals surface area contributed by atoms with Gasteiger partial charge in [-0.25, -0.2) is 4.98 Å². The summed E-state index contributed by atoms with van der Waals surface area (Å²) >= 11 is 0. The van der Waals surface area contributed by atoms with Crippen LogP contribution in [0.3, 0.4) is 0 Å². The van der Waals surface area contributed by atoms with E-state index >= 15 is 0 Å². The number of methoxy groups -OCH3 is 1. The van der Waals surface area contributed by atoms with E-state index in [4.69, 9.17) is 9.26 Å². The number of anilines is 1. The van der Waals surface area contributed by atoms with Crippen molar-refractivity contribution < 1.29 is 9.26 Å². The number of hydrogen-bond acceptors (Lipinski definition) is 5. The van der Waals surface area contributed by atoms with Gasteiger partial charge in [0.1, 0.15) is 0 Å². The normalized spacial score (nSPS) is 10.1. The minimum atomic E-state index is 0.536. The molecule has 2 aromatic rings. The first-order valence-electron chi connectivity index (χ1n) is 4.94. The van der Waals surface area contributed by atoms with Gasteiger partial charge in [0.05, 0.1) is 19.3 Å². The number of aromatic nitrogens is 2. The lowest BCUT2D eigenvalue weighted by atomic mass is 10.3. The predicted molar refractivity (Wildman–Crippen MR) is 59.4 cm³/mol. The molecule has 16 heavy (non-hydrogen) atoms. The molecule has 0 saturated carbocycles. The van der Waals surface area contributed by atoms with Gasteiger partial charge < -0.3 is 14.6 Å². The Hall–Kier alpha value is -2.04. The van der Waals surface area contributed by atoms with Crippen LogP contribution in [0.15, 0.2) is 28.9 Å². The molecule has 2 aromatic heterocycles. The number of nitrogens with one attached hydrogen (secondary N) is 1. The first kappa shape index (κ1) is 10.5. The summed E-state index contributed by atoms with van der Waals surface area (Å²) in [4.78, 5) is 4.17. The molecule has 0 radical (unpaired) electrons. The number of rotatable bonds is 4. The molecule has 2 heterocycles. The third-order valence-electron chi connectivity index (χ3n) is 2.10. The summed E-state index contributed by atoms with van der Waals surface area (Å²) in [6.07, 6.45) is 1.70. The maximum Gasteiger partial charge on any atom is 0.169 e. The molecule has 5 heteroatoms. The predicted octanol–water partition coefficient (Wildman–Crippen LogP) is 2.00. The fraction of sp³-hybridized carbons (Fsp3) is 0.273. The van der Waals surface area contributed by atoms with Gasteiger partial charge in [0, 0.05) is 12.3 Å². The Morgan fingerprint density at radius 3 is 3.06 bits per heavy atom. The van der Waals surface area contributed by atoms with Crippen LogP contribution < -0.4 is 10.1 Å². The van der Waals surface area contributed by atoms with Crippen LogP contribution >= 0.6 is 0 Å². The Bertz CT molecular complexity index is 468. The second-order valence-corrected chi connectivity index (χ2v) is 3.34. The molecule has 0 spiro atoms. The van der Waals surface area contributed by atoms with Crippen molar-refractivity contribution in [2.45, 2.75) is 13.5 Å². The summed E-state index contributed by atoms with van der Waals surface area (Å²) < 4.78 is 10.2. The van der Waals surface area contributed by atoms with Crippen LogP contribution in [0.5, 0.6) is 5.75 Å². The van der Waals surface area contributed by atoms with Gasteiger partial charge >= 0.3 is 0 Å². The van der Waals surface area contributed by atoms with E-state index in [9.17, 15) is 0 Å². The van der Waals surface area contributed by atoms with Crippen molar-refractivity contribution in [1.29, 1.82) is 0 Å².